The van der Waals surface area contributed by atoms with Gasteiger partial charge in [-0.1, -0.05) is 6.58 Å². The summed E-state index contributed by atoms with van der Waals surface area (Å²) in [5.41, 5.74) is -0.719. The molecule has 1 N–H and O–H groups in total. The second-order valence-corrected chi connectivity index (χ2v) is 6.01. The standard InChI is InChI=1S/C8H14N4O4S/c1-4-7(13)9-8(2,3)5-6-17(10-14,11-15)12-16/h4H,1,5-6H2,2-3H3,(H,9,13). The zero-order valence-electron chi connectivity index (χ0n) is 9.58. The Balaban J connectivity index is 4.57. The maximum Gasteiger partial charge on any atom is 0.243 e. The molecule has 1 amide bonds. The van der Waals surface area contributed by atoms with Crippen LogP contribution in [0, 0.1) is 14.7 Å². The Kier molecular flexibility index (Phi) is 5.59. The first-order valence-corrected chi connectivity index (χ1v) is 6.31. The second-order valence-electron chi connectivity index (χ2n) is 3.89. The molecule has 0 heterocycles. The molecule has 17 heavy (non-hydrogen) atoms. The number of hydrogen-bond acceptors (Lipinski definition) is 7. The van der Waals surface area contributed by atoms with Gasteiger partial charge in [0.25, 0.3) is 0 Å². The van der Waals surface area contributed by atoms with E-state index in [1.807, 2.05) is 0 Å². The normalized spacial score (nSPS) is 12.4. The van der Waals surface area contributed by atoms with Gasteiger partial charge >= 0.3 is 0 Å². The van der Waals surface area contributed by atoms with Crippen molar-refractivity contribution >= 4 is 16.5 Å². The molecule has 0 saturated heterocycles. The van der Waals surface area contributed by atoms with Gasteiger partial charge in [-0.2, -0.15) is 0 Å². The van der Waals surface area contributed by atoms with Crippen LogP contribution in [0.5, 0.6) is 0 Å². The van der Waals surface area contributed by atoms with Gasteiger partial charge in [-0.3, -0.25) is 4.79 Å². The molecule has 0 atom stereocenters. The third-order valence-corrected chi connectivity index (χ3v) is 3.47. The number of amides is 1. The Bertz CT molecular complexity index is 323. The molecule has 96 valence electrons. The van der Waals surface area contributed by atoms with Crippen LogP contribution in [0.25, 0.3) is 0 Å². The van der Waals surface area contributed by atoms with E-state index in [4.69, 9.17) is 0 Å². The molecule has 0 saturated carbocycles. The van der Waals surface area contributed by atoms with E-state index in [0.29, 0.717) is 0 Å². The van der Waals surface area contributed by atoms with Crippen LogP contribution in [0.15, 0.2) is 26.4 Å². The third kappa shape index (κ3) is 4.81. The quantitative estimate of drug-likeness (QED) is 0.533. The van der Waals surface area contributed by atoms with Crippen molar-refractivity contribution in [3.05, 3.63) is 27.4 Å². The van der Waals surface area contributed by atoms with Crippen molar-refractivity contribution in [2.45, 2.75) is 25.8 Å². The summed E-state index contributed by atoms with van der Waals surface area (Å²) in [4.78, 5) is 42.2. The molecule has 0 fully saturated rings. The maximum atomic E-state index is 11.1. The van der Waals surface area contributed by atoms with Crippen molar-refractivity contribution in [3.8, 4) is 0 Å². The summed E-state index contributed by atoms with van der Waals surface area (Å²) in [6.45, 7) is 6.62. The Morgan fingerprint density at radius 1 is 1.29 bits per heavy atom. The van der Waals surface area contributed by atoms with Gasteiger partial charge in [0.2, 0.25) is 5.91 Å². The number of nitrogens with one attached hydrogen (secondary N) is 1. The highest BCUT2D eigenvalue weighted by Crippen LogP contribution is 2.52. The molecule has 0 aromatic rings. The SMILES string of the molecule is C=CC(=O)NC(C)(C)CCS(N=O)(N=O)N=O. The molecule has 0 aliphatic rings. The first-order valence-electron chi connectivity index (χ1n) is 4.64. The molecule has 0 aromatic carbocycles. The molecule has 0 aliphatic heterocycles. The molecule has 0 spiro atoms. The molecular weight excluding hydrogens is 248 g/mol. The fourth-order valence-corrected chi connectivity index (χ4v) is 2.08. The fraction of sp³-hybridized carbons (Fsp3) is 0.625. The largest absolute Gasteiger partial charge is 0.348 e. The van der Waals surface area contributed by atoms with Crippen LogP contribution in [0.4, 0.5) is 0 Å². The van der Waals surface area contributed by atoms with E-state index in [-0.39, 0.29) is 12.2 Å². The minimum atomic E-state index is -3.25. The van der Waals surface area contributed by atoms with E-state index >= 15 is 0 Å². The van der Waals surface area contributed by atoms with Crippen molar-refractivity contribution in [1.29, 1.82) is 0 Å². The average Bonchev–Trinajstić information content (AvgIpc) is 2.31. The minimum absolute atomic E-state index is 0.172. The van der Waals surface area contributed by atoms with Gasteiger partial charge in [0.15, 0.2) is 10.6 Å². The number of nitrogens with zero attached hydrogens (tertiary/aromatic N) is 3. The zero-order chi connectivity index (χ0) is 13.5. The molecule has 0 unspecified atom stereocenters. The second kappa shape index (κ2) is 6.18. The summed E-state index contributed by atoms with van der Waals surface area (Å²) in [6.07, 6.45) is 1.26. The molecule has 0 bridgehead atoms. The Morgan fingerprint density at radius 3 is 2.12 bits per heavy atom. The van der Waals surface area contributed by atoms with Crippen LogP contribution in [-0.4, -0.2) is 17.2 Å². The predicted molar refractivity (Wildman–Crippen MR) is 66.9 cm³/mol. The van der Waals surface area contributed by atoms with Crippen LogP contribution in [0.1, 0.15) is 20.3 Å². The third-order valence-electron chi connectivity index (χ3n) is 2.01. The van der Waals surface area contributed by atoms with E-state index in [1.54, 1.807) is 13.8 Å². The van der Waals surface area contributed by atoms with Crippen LogP contribution >= 0.6 is 10.6 Å². The van der Waals surface area contributed by atoms with Gasteiger partial charge in [-0.05, 0) is 26.3 Å². The Labute approximate surface area is 99.9 Å². The van der Waals surface area contributed by atoms with Crippen molar-refractivity contribution in [2.75, 3.05) is 5.75 Å². The van der Waals surface area contributed by atoms with Crippen molar-refractivity contribution in [2.24, 2.45) is 13.7 Å². The van der Waals surface area contributed by atoms with E-state index in [0.717, 1.165) is 6.08 Å². The molecule has 0 aliphatic carbocycles. The van der Waals surface area contributed by atoms with Gasteiger partial charge < -0.3 is 5.32 Å². The van der Waals surface area contributed by atoms with Crippen LogP contribution in [0.2, 0.25) is 0 Å². The van der Waals surface area contributed by atoms with Gasteiger partial charge in [-0.25, -0.2) is 0 Å². The highest BCUT2D eigenvalue weighted by Gasteiger charge is 2.32. The van der Waals surface area contributed by atoms with Crippen LogP contribution < -0.4 is 5.32 Å². The van der Waals surface area contributed by atoms with Gasteiger partial charge in [0.1, 0.15) is 0 Å². The fourth-order valence-electron chi connectivity index (χ4n) is 0.992. The number of hydrogen-bond donors (Lipinski definition) is 1. The van der Waals surface area contributed by atoms with E-state index in [9.17, 15) is 19.5 Å². The number of rotatable bonds is 8. The average molecular weight is 262 g/mol. The smallest absolute Gasteiger partial charge is 0.243 e. The Hall–Kier alpha value is -1.64. The van der Waals surface area contributed by atoms with Crippen molar-refractivity contribution in [3.63, 3.8) is 0 Å². The van der Waals surface area contributed by atoms with Crippen molar-refractivity contribution in [1.82, 2.24) is 5.32 Å². The molecule has 0 radical (unpaired) electrons. The highest BCUT2D eigenvalue weighted by atomic mass is 32.3. The topological polar surface area (TPSA) is 117 Å². The number of carbonyl (C=O) groups is 1. The summed E-state index contributed by atoms with van der Waals surface area (Å²) in [5.74, 6) is -0.582. The first-order chi connectivity index (χ1) is 7.84. The number of nitroso groups, excluding NO2 is 3. The first kappa shape index (κ1) is 15.4. The van der Waals surface area contributed by atoms with Crippen LogP contribution in [-0.2, 0) is 4.79 Å². The monoisotopic (exact) mass is 262 g/mol. The maximum absolute atomic E-state index is 11.1. The predicted octanol–water partition coefficient (Wildman–Crippen LogP) is 2.31. The molecule has 9 heteroatoms. The highest BCUT2D eigenvalue weighted by molar-refractivity contribution is 8.30. The molecule has 8 nitrogen and oxygen atoms in total. The van der Waals surface area contributed by atoms with Crippen molar-refractivity contribution < 1.29 is 4.79 Å². The molecule has 0 rings (SSSR count). The van der Waals surface area contributed by atoms with Gasteiger partial charge in [0, 0.05) is 25.0 Å². The summed E-state index contributed by atoms with van der Waals surface area (Å²) >= 11 is 0. The van der Waals surface area contributed by atoms with Gasteiger partial charge in [-0.15, -0.1) is 14.7 Å². The lowest BCUT2D eigenvalue weighted by Gasteiger charge is -2.27. The molecule has 0 aromatic heterocycles. The zero-order valence-corrected chi connectivity index (χ0v) is 10.4. The Morgan fingerprint density at radius 2 is 1.76 bits per heavy atom. The lowest BCUT2D eigenvalue weighted by Crippen LogP contribution is -2.43. The molecular formula is C8H14N4O4S. The summed E-state index contributed by atoms with van der Waals surface area (Å²) < 4.78 is 7.20. The van der Waals surface area contributed by atoms with E-state index in [2.05, 4.69) is 25.6 Å². The van der Waals surface area contributed by atoms with E-state index in [1.165, 1.54) is 0 Å². The summed E-state index contributed by atoms with van der Waals surface area (Å²) in [5, 5.41) is 2.58. The lowest BCUT2D eigenvalue weighted by atomic mass is 10.0. The lowest BCUT2D eigenvalue weighted by molar-refractivity contribution is -0.118. The summed E-state index contributed by atoms with van der Waals surface area (Å²) in [6, 6.07) is 0. The van der Waals surface area contributed by atoms with Crippen LogP contribution in [0.3, 0.4) is 0 Å². The number of carbonyl (C=O) groups excluding carboxylic acids is 1. The van der Waals surface area contributed by atoms with E-state index < -0.39 is 22.0 Å². The summed E-state index contributed by atoms with van der Waals surface area (Å²) in [7, 11) is -3.25. The van der Waals surface area contributed by atoms with Gasteiger partial charge in [0.05, 0.1) is 0 Å². The minimum Gasteiger partial charge on any atom is -0.348 e.